The molecular formula is C16H18N6O. The van der Waals surface area contributed by atoms with Gasteiger partial charge in [-0.1, -0.05) is 12.1 Å². The van der Waals surface area contributed by atoms with Crippen molar-refractivity contribution in [2.75, 3.05) is 19.0 Å². The predicted octanol–water partition coefficient (Wildman–Crippen LogP) is 1.94. The van der Waals surface area contributed by atoms with Crippen LogP contribution in [0.2, 0.25) is 0 Å². The van der Waals surface area contributed by atoms with Crippen LogP contribution in [0.15, 0.2) is 42.9 Å². The van der Waals surface area contributed by atoms with Crippen molar-refractivity contribution in [3.63, 3.8) is 0 Å². The van der Waals surface area contributed by atoms with Crippen molar-refractivity contribution >= 4 is 5.95 Å². The van der Waals surface area contributed by atoms with E-state index in [1.165, 1.54) is 0 Å². The molecule has 0 aliphatic rings. The summed E-state index contributed by atoms with van der Waals surface area (Å²) in [6.07, 6.45) is 6.34. The molecule has 0 radical (unpaired) electrons. The van der Waals surface area contributed by atoms with Gasteiger partial charge in [0.2, 0.25) is 5.95 Å². The Balaban J connectivity index is 1.67. The molecule has 0 fully saturated rings. The molecule has 0 saturated carbocycles. The van der Waals surface area contributed by atoms with Gasteiger partial charge in [0.05, 0.1) is 25.2 Å². The van der Waals surface area contributed by atoms with Crippen LogP contribution in [0, 0.1) is 0 Å². The number of methoxy groups -OCH3 is 1. The summed E-state index contributed by atoms with van der Waals surface area (Å²) in [4.78, 5) is 4.49. The summed E-state index contributed by atoms with van der Waals surface area (Å²) in [5.74, 6) is 1.29. The molecule has 23 heavy (non-hydrogen) atoms. The van der Waals surface area contributed by atoms with Gasteiger partial charge < -0.3 is 10.1 Å². The normalized spacial score (nSPS) is 10.5. The van der Waals surface area contributed by atoms with E-state index in [9.17, 15) is 0 Å². The molecule has 7 heteroatoms. The quantitative estimate of drug-likeness (QED) is 0.749. The molecule has 0 aliphatic carbocycles. The lowest BCUT2D eigenvalue weighted by atomic mass is 10.1. The van der Waals surface area contributed by atoms with Crippen molar-refractivity contribution < 1.29 is 4.74 Å². The standard InChI is InChI=1S/C16H18N6O/c1-22-11-12(9-19-22)6-7-17-16-20-15(10-18-21-16)13-4-3-5-14(8-13)23-2/h3-5,8-11H,6-7H2,1-2H3,(H,17,20,21). The van der Waals surface area contributed by atoms with Crippen LogP contribution in [-0.2, 0) is 13.5 Å². The highest BCUT2D eigenvalue weighted by molar-refractivity contribution is 5.61. The second-order valence-corrected chi connectivity index (χ2v) is 5.10. The fraction of sp³-hybridized carbons (Fsp3) is 0.250. The lowest BCUT2D eigenvalue weighted by molar-refractivity contribution is 0.415. The van der Waals surface area contributed by atoms with Gasteiger partial charge in [0, 0.05) is 25.4 Å². The van der Waals surface area contributed by atoms with E-state index in [0.29, 0.717) is 5.95 Å². The molecule has 0 saturated heterocycles. The maximum atomic E-state index is 5.24. The number of benzene rings is 1. The highest BCUT2D eigenvalue weighted by Gasteiger charge is 2.05. The van der Waals surface area contributed by atoms with Crippen LogP contribution in [-0.4, -0.2) is 38.6 Å². The van der Waals surface area contributed by atoms with Gasteiger partial charge in [-0.15, -0.1) is 5.10 Å². The number of nitrogens with zero attached hydrogens (tertiary/aromatic N) is 5. The number of nitrogens with one attached hydrogen (secondary N) is 1. The van der Waals surface area contributed by atoms with Gasteiger partial charge in [0.1, 0.15) is 5.75 Å². The van der Waals surface area contributed by atoms with E-state index in [2.05, 4.69) is 25.6 Å². The Morgan fingerprint density at radius 2 is 2.17 bits per heavy atom. The Morgan fingerprint density at radius 1 is 1.26 bits per heavy atom. The van der Waals surface area contributed by atoms with E-state index in [1.54, 1.807) is 18.0 Å². The predicted molar refractivity (Wildman–Crippen MR) is 87.2 cm³/mol. The Bertz CT molecular complexity index is 786. The van der Waals surface area contributed by atoms with E-state index < -0.39 is 0 Å². The molecule has 1 aromatic carbocycles. The van der Waals surface area contributed by atoms with Gasteiger partial charge in [-0.05, 0) is 24.1 Å². The number of rotatable bonds is 6. The Kier molecular flexibility index (Phi) is 4.46. The van der Waals surface area contributed by atoms with Gasteiger partial charge in [-0.25, -0.2) is 4.98 Å². The molecule has 1 N–H and O–H groups in total. The van der Waals surface area contributed by atoms with Crippen LogP contribution in [0.5, 0.6) is 5.75 Å². The van der Waals surface area contributed by atoms with Gasteiger partial charge >= 0.3 is 0 Å². The second-order valence-electron chi connectivity index (χ2n) is 5.10. The molecule has 0 bridgehead atoms. The monoisotopic (exact) mass is 310 g/mol. The van der Waals surface area contributed by atoms with Crippen LogP contribution < -0.4 is 10.1 Å². The average Bonchev–Trinajstić information content (AvgIpc) is 3.00. The number of hydrogen-bond acceptors (Lipinski definition) is 6. The SMILES string of the molecule is COc1cccc(-c2cnnc(NCCc3cnn(C)c3)n2)c1. The summed E-state index contributed by atoms with van der Waals surface area (Å²) in [7, 11) is 3.55. The van der Waals surface area contributed by atoms with Crippen molar-refractivity contribution in [3.8, 4) is 17.0 Å². The summed E-state index contributed by atoms with van der Waals surface area (Å²) in [5.41, 5.74) is 2.86. The number of ether oxygens (including phenoxy) is 1. The number of aromatic nitrogens is 5. The van der Waals surface area contributed by atoms with Crippen molar-refractivity contribution in [1.82, 2.24) is 25.0 Å². The highest BCUT2D eigenvalue weighted by atomic mass is 16.5. The summed E-state index contributed by atoms with van der Waals surface area (Å²) in [5, 5.41) is 15.4. The first-order chi connectivity index (χ1) is 11.2. The summed E-state index contributed by atoms with van der Waals surface area (Å²) >= 11 is 0. The molecule has 0 spiro atoms. The Morgan fingerprint density at radius 3 is 2.96 bits per heavy atom. The lowest BCUT2D eigenvalue weighted by Crippen LogP contribution is -2.08. The maximum absolute atomic E-state index is 5.24. The van der Waals surface area contributed by atoms with E-state index in [1.807, 2.05) is 43.7 Å². The molecule has 0 atom stereocenters. The van der Waals surface area contributed by atoms with Crippen molar-refractivity contribution in [3.05, 3.63) is 48.4 Å². The number of aryl methyl sites for hydroxylation is 1. The third kappa shape index (κ3) is 3.82. The molecule has 118 valence electrons. The van der Waals surface area contributed by atoms with E-state index in [4.69, 9.17) is 4.74 Å². The first kappa shape index (κ1) is 15.0. The molecular weight excluding hydrogens is 292 g/mol. The topological polar surface area (TPSA) is 77.8 Å². The van der Waals surface area contributed by atoms with E-state index in [-0.39, 0.29) is 0 Å². The molecule has 2 aromatic heterocycles. The first-order valence-corrected chi connectivity index (χ1v) is 7.30. The zero-order valence-electron chi connectivity index (χ0n) is 13.1. The molecule has 3 aromatic rings. The minimum absolute atomic E-state index is 0.509. The van der Waals surface area contributed by atoms with Crippen molar-refractivity contribution in [2.45, 2.75) is 6.42 Å². The minimum atomic E-state index is 0.509. The number of anilines is 1. The molecule has 0 unspecified atom stereocenters. The first-order valence-electron chi connectivity index (χ1n) is 7.30. The zero-order chi connectivity index (χ0) is 16.1. The van der Waals surface area contributed by atoms with Crippen LogP contribution in [0.25, 0.3) is 11.3 Å². The van der Waals surface area contributed by atoms with Gasteiger partial charge in [0.25, 0.3) is 0 Å². The lowest BCUT2D eigenvalue weighted by Gasteiger charge is -2.06. The van der Waals surface area contributed by atoms with Crippen molar-refractivity contribution in [2.24, 2.45) is 7.05 Å². The average molecular weight is 310 g/mol. The van der Waals surface area contributed by atoms with Gasteiger partial charge in [-0.3, -0.25) is 4.68 Å². The molecule has 7 nitrogen and oxygen atoms in total. The minimum Gasteiger partial charge on any atom is -0.497 e. The highest BCUT2D eigenvalue weighted by Crippen LogP contribution is 2.21. The largest absolute Gasteiger partial charge is 0.497 e. The fourth-order valence-electron chi connectivity index (χ4n) is 2.22. The number of hydrogen-bond donors (Lipinski definition) is 1. The molecule has 0 amide bonds. The van der Waals surface area contributed by atoms with Crippen molar-refractivity contribution in [1.29, 1.82) is 0 Å². The van der Waals surface area contributed by atoms with E-state index >= 15 is 0 Å². The molecule has 3 rings (SSSR count). The maximum Gasteiger partial charge on any atom is 0.243 e. The van der Waals surface area contributed by atoms with Crippen LogP contribution in [0.4, 0.5) is 5.95 Å². The Hall–Kier alpha value is -2.96. The van der Waals surface area contributed by atoms with Crippen LogP contribution in [0.1, 0.15) is 5.56 Å². The van der Waals surface area contributed by atoms with E-state index in [0.717, 1.165) is 35.5 Å². The third-order valence-corrected chi connectivity index (χ3v) is 3.38. The second kappa shape index (κ2) is 6.87. The van der Waals surface area contributed by atoms with Gasteiger partial charge in [0.15, 0.2) is 0 Å². The van der Waals surface area contributed by atoms with Crippen LogP contribution in [0.3, 0.4) is 0 Å². The fourth-order valence-corrected chi connectivity index (χ4v) is 2.22. The van der Waals surface area contributed by atoms with Gasteiger partial charge in [-0.2, -0.15) is 10.2 Å². The third-order valence-electron chi connectivity index (χ3n) is 3.38. The summed E-state index contributed by atoms with van der Waals surface area (Å²) in [6, 6.07) is 7.70. The summed E-state index contributed by atoms with van der Waals surface area (Å²) < 4.78 is 7.02. The summed E-state index contributed by atoms with van der Waals surface area (Å²) in [6.45, 7) is 0.717. The zero-order valence-corrected chi connectivity index (χ0v) is 13.1. The molecule has 2 heterocycles. The smallest absolute Gasteiger partial charge is 0.243 e. The van der Waals surface area contributed by atoms with Crippen LogP contribution >= 0.6 is 0 Å². The Labute approximate surface area is 134 Å². The molecule has 0 aliphatic heterocycles.